The van der Waals surface area contributed by atoms with Crippen molar-refractivity contribution in [2.24, 2.45) is 11.3 Å². The molecular formula is C31H39ClN4O3. The lowest BCUT2D eigenvalue weighted by Crippen LogP contribution is -2.57. The molecule has 2 aliphatic rings. The summed E-state index contributed by atoms with van der Waals surface area (Å²) in [6.45, 7) is 4.38. The van der Waals surface area contributed by atoms with E-state index < -0.39 is 11.5 Å². The fourth-order valence-electron chi connectivity index (χ4n) is 5.93. The van der Waals surface area contributed by atoms with Gasteiger partial charge in [-0.05, 0) is 79.2 Å². The van der Waals surface area contributed by atoms with E-state index in [9.17, 15) is 9.59 Å². The second-order valence-electron chi connectivity index (χ2n) is 11.9. The summed E-state index contributed by atoms with van der Waals surface area (Å²) in [5.41, 5.74) is 2.94. The van der Waals surface area contributed by atoms with Crippen LogP contribution in [0.5, 0.6) is 0 Å². The number of carbonyl (C=O) groups excluding carboxylic acids is 2. The van der Waals surface area contributed by atoms with Crippen LogP contribution in [0.3, 0.4) is 0 Å². The number of amides is 2. The number of rotatable bonds is 11. The number of ether oxygens (including phenoxy) is 1. The van der Waals surface area contributed by atoms with Crippen LogP contribution in [0.2, 0.25) is 5.02 Å². The second kappa shape index (κ2) is 10.9. The Bertz CT molecular complexity index is 1360. The van der Waals surface area contributed by atoms with Crippen LogP contribution >= 0.6 is 11.6 Å². The van der Waals surface area contributed by atoms with Gasteiger partial charge in [0.25, 0.3) is 0 Å². The van der Waals surface area contributed by atoms with Gasteiger partial charge in [-0.1, -0.05) is 49.2 Å². The van der Waals surface area contributed by atoms with E-state index in [1.165, 1.54) is 18.4 Å². The normalized spacial score (nSPS) is 19.5. The predicted octanol–water partition coefficient (Wildman–Crippen LogP) is 5.28. The lowest BCUT2D eigenvalue weighted by atomic mass is 9.77. The van der Waals surface area contributed by atoms with E-state index in [0.29, 0.717) is 0 Å². The molecule has 1 heterocycles. The van der Waals surface area contributed by atoms with Gasteiger partial charge in [0.15, 0.2) is 0 Å². The minimum Gasteiger partial charge on any atom is -0.383 e. The molecule has 2 aliphatic carbocycles. The molecule has 3 atom stereocenters. The van der Waals surface area contributed by atoms with Crippen molar-refractivity contribution in [1.82, 2.24) is 20.6 Å². The number of methoxy groups -OCH3 is 1. The maximum Gasteiger partial charge on any atom is 0.242 e. The van der Waals surface area contributed by atoms with Gasteiger partial charge in [0.2, 0.25) is 11.8 Å². The smallest absolute Gasteiger partial charge is 0.242 e. The van der Waals surface area contributed by atoms with E-state index >= 15 is 0 Å². The van der Waals surface area contributed by atoms with Gasteiger partial charge in [-0.2, -0.15) is 0 Å². The van der Waals surface area contributed by atoms with E-state index in [2.05, 4.69) is 28.6 Å². The monoisotopic (exact) mass is 550 g/mol. The third-order valence-electron chi connectivity index (χ3n) is 9.10. The first-order chi connectivity index (χ1) is 18.7. The quantitative estimate of drug-likeness (QED) is 0.303. The number of fused-ring (bicyclic) bond motifs is 1. The first kappa shape index (κ1) is 27.7. The molecule has 3 N–H and O–H groups in total. The maximum absolute atomic E-state index is 13.7. The first-order valence-electron chi connectivity index (χ1n) is 13.9. The fraction of sp³-hybridized carbons (Fsp3) is 0.516. The minimum atomic E-state index is -0.980. The Balaban J connectivity index is 1.42. The SMILES string of the molecule is CNC(=O)[C@H](NC(=O)C(C)(COC)c1ccc2nc(C[C@H](c3ccccc3Cl)C3(C)CC3)[nH]c2c1)C1CCC1. The topological polar surface area (TPSA) is 96.1 Å². The molecule has 0 radical (unpaired) electrons. The Hall–Kier alpha value is -2.90. The minimum absolute atomic E-state index is 0.154. The molecular weight excluding hydrogens is 512 g/mol. The van der Waals surface area contributed by atoms with Crippen LogP contribution in [0.1, 0.15) is 68.8 Å². The molecule has 2 saturated carbocycles. The average Bonchev–Trinajstić information content (AvgIpc) is 3.50. The zero-order chi connectivity index (χ0) is 27.8. The van der Waals surface area contributed by atoms with Crippen molar-refractivity contribution in [3.8, 4) is 0 Å². The summed E-state index contributed by atoms with van der Waals surface area (Å²) in [5.74, 6) is 0.965. The highest BCUT2D eigenvalue weighted by atomic mass is 35.5. The molecule has 2 fully saturated rings. The summed E-state index contributed by atoms with van der Waals surface area (Å²) < 4.78 is 5.53. The predicted molar refractivity (Wildman–Crippen MR) is 154 cm³/mol. The highest BCUT2D eigenvalue weighted by Crippen LogP contribution is 2.57. The maximum atomic E-state index is 13.7. The number of nitrogens with one attached hydrogen (secondary N) is 3. The molecule has 8 heteroatoms. The van der Waals surface area contributed by atoms with E-state index in [1.807, 2.05) is 43.3 Å². The van der Waals surface area contributed by atoms with E-state index in [0.717, 1.165) is 53.1 Å². The molecule has 5 rings (SSSR count). The van der Waals surface area contributed by atoms with E-state index in [4.69, 9.17) is 21.3 Å². The van der Waals surface area contributed by atoms with Crippen molar-refractivity contribution in [3.05, 3.63) is 64.4 Å². The van der Waals surface area contributed by atoms with Crippen LogP contribution in [-0.2, 0) is 26.2 Å². The molecule has 3 aromatic rings. The number of hydrogen-bond acceptors (Lipinski definition) is 4. The second-order valence-corrected chi connectivity index (χ2v) is 12.3. The number of halogens is 1. The van der Waals surface area contributed by atoms with Gasteiger partial charge in [0.1, 0.15) is 11.9 Å². The number of likely N-dealkylation sites (N-methyl/N-ethyl adjacent to an activating group) is 1. The van der Waals surface area contributed by atoms with Crippen LogP contribution in [0.4, 0.5) is 0 Å². The van der Waals surface area contributed by atoms with Crippen LogP contribution in [0.25, 0.3) is 11.0 Å². The Labute approximate surface area is 235 Å². The third-order valence-corrected chi connectivity index (χ3v) is 9.44. The lowest BCUT2D eigenvalue weighted by molar-refractivity contribution is -0.134. The van der Waals surface area contributed by atoms with E-state index in [-0.39, 0.29) is 35.7 Å². The summed E-state index contributed by atoms with van der Waals surface area (Å²) in [6, 6.07) is 13.5. The summed E-state index contributed by atoms with van der Waals surface area (Å²) in [6.07, 6.45) is 6.08. The number of aromatic nitrogens is 2. The zero-order valence-corrected chi connectivity index (χ0v) is 24.0. The van der Waals surface area contributed by atoms with Gasteiger partial charge in [0.05, 0.1) is 23.1 Å². The number of aromatic amines is 1. The molecule has 0 spiro atoms. The Morgan fingerprint density at radius 1 is 1.23 bits per heavy atom. The molecule has 1 unspecified atom stereocenters. The average molecular weight is 551 g/mol. The highest BCUT2D eigenvalue weighted by molar-refractivity contribution is 6.31. The third kappa shape index (κ3) is 5.44. The molecule has 0 saturated heterocycles. The number of nitrogens with zero attached hydrogens (tertiary/aromatic N) is 1. The van der Waals surface area contributed by atoms with Crippen molar-refractivity contribution < 1.29 is 14.3 Å². The number of carbonyl (C=O) groups is 2. The Morgan fingerprint density at radius 3 is 2.59 bits per heavy atom. The summed E-state index contributed by atoms with van der Waals surface area (Å²) in [7, 11) is 3.20. The van der Waals surface area contributed by atoms with Crippen molar-refractivity contribution >= 4 is 34.4 Å². The zero-order valence-electron chi connectivity index (χ0n) is 23.3. The Kier molecular flexibility index (Phi) is 7.75. The number of imidazole rings is 1. The molecule has 2 aromatic carbocycles. The van der Waals surface area contributed by atoms with Crippen LogP contribution in [-0.4, -0.2) is 48.6 Å². The number of benzene rings is 2. The van der Waals surface area contributed by atoms with Gasteiger partial charge < -0.3 is 20.4 Å². The lowest BCUT2D eigenvalue weighted by Gasteiger charge is -2.36. The van der Waals surface area contributed by atoms with Crippen molar-refractivity contribution in [2.45, 2.75) is 69.7 Å². The molecule has 1 aromatic heterocycles. The van der Waals surface area contributed by atoms with Crippen LogP contribution < -0.4 is 10.6 Å². The molecule has 39 heavy (non-hydrogen) atoms. The fourth-order valence-corrected chi connectivity index (χ4v) is 6.19. The number of hydrogen-bond donors (Lipinski definition) is 3. The van der Waals surface area contributed by atoms with Gasteiger partial charge in [-0.3, -0.25) is 9.59 Å². The molecule has 0 aliphatic heterocycles. The number of H-pyrrole nitrogens is 1. The van der Waals surface area contributed by atoms with Gasteiger partial charge in [-0.15, -0.1) is 0 Å². The van der Waals surface area contributed by atoms with Crippen molar-refractivity contribution in [2.75, 3.05) is 20.8 Å². The van der Waals surface area contributed by atoms with Gasteiger partial charge in [-0.25, -0.2) is 4.98 Å². The molecule has 0 bridgehead atoms. The largest absolute Gasteiger partial charge is 0.383 e. The van der Waals surface area contributed by atoms with Crippen LogP contribution in [0, 0.1) is 11.3 Å². The van der Waals surface area contributed by atoms with Crippen molar-refractivity contribution in [1.29, 1.82) is 0 Å². The van der Waals surface area contributed by atoms with E-state index in [1.54, 1.807) is 14.2 Å². The molecule has 208 valence electrons. The first-order valence-corrected chi connectivity index (χ1v) is 14.3. The summed E-state index contributed by atoms with van der Waals surface area (Å²) in [4.78, 5) is 34.7. The standard InChI is InChI=1S/C31H39ClN4O3/c1-30(14-15-30)22(21-10-5-6-11-23(21)32)17-26-34-24-13-12-20(16-25(24)35-26)31(2,18-39-4)29(38)36-27(28(37)33-3)19-8-7-9-19/h5-6,10-13,16,19,22,27H,7-9,14-15,17-18H2,1-4H3,(H,33,37)(H,34,35)(H,36,38)/t22-,27-,31?/m1/s1. The summed E-state index contributed by atoms with van der Waals surface area (Å²) >= 11 is 6.62. The van der Waals surface area contributed by atoms with Gasteiger partial charge in [0, 0.05) is 25.6 Å². The molecule has 7 nitrogen and oxygen atoms in total. The van der Waals surface area contributed by atoms with Gasteiger partial charge >= 0.3 is 0 Å². The van der Waals surface area contributed by atoms with Crippen LogP contribution in [0.15, 0.2) is 42.5 Å². The molecule has 2 amide bonds. The highest BCUT2D eigenvalue weighted by Gasteiger charge is 2.46. The Morgan fingerprint density at radius 2 is 1.97 bits per heavy atom. The summed E-state index contributed by atoms with van der Waals surface area (Å²) in [5, 5.41) is 6.56. The van der Waals surface area contributed by atoms with Crippen molar-refractivity contribution in [3.63, 3.8) is 0 Å².